The molecule has 1 fully saturated rings. The lowest BCUT2D eigenvalue weighted by atomic mass is 10.1. The third-order valence-electron chi connectivity index (χ3n) is 3.80. The van der Waals surface area contributed by atoms with Crippen molar-refractivity contribution in [3.8, 4) is 5.75 Å². The number of carboxylic acids is 1. The fourth-order valence-corrected chi connectivity index (χ4v) is 3.04. The average Bonchev–Trinajstić information content (AvgIpc) is 2.65. The van der Waals surface area contributed by atoms with E-state index < -0.39 is 30.4 Å². The second-order valence-electron chi connectivity index (χ2n) is 5.78. The Morgan fingerprint density at radius 1 is 1.17 bits per heavy atom. The smallest absolute Gasteiger partial charge is 0.335 e. The van der Waals surface area contributed by atoms with Crippen LogP contribution in [-0.2, 0) is 14.4 Å². The van der Waals surface area contributed by atoms with Crippen LogP contribution in [0.15, 0.2) is 52.5 Å². The number of nitrogens with zero attached hydrogens (tertiary/aromatic N) is 1. The van der Waals surface area contributed by atoms with E-state index in [1.807, 2.05) is 0 Å². The molecule has 0 aromatic heterocycles. The van der Waals surface area contributed by atoms with Crippen LogP contribution in [0.3, 0.4) is 0 Å². The molecule has 0 spiro atoms. The molecule has 1 N–H and O–H groups in total. The maximum Gasteiger partial charge on any atom is 0.335 e. The summed E-state index contributed by atoms with van der Waals surface area (Å²) in [6.45, 7) is -0.715. The van der Waals surface area contributed by atoms with Gasteiger partial charge in [0.1, 0.15) is 17.9 Å². The van der Waals surface area contributed by atoms with Crippen molar-refractivity contribution in [3.05, 3.63) is 63.1 Å². The highest BCUT2D eigenvalue weighted by Gasteiger charge is 2.37. The van der Waals surface area contributed by atoms with Crippen molar-refractivity contribution in [1.29, 1.82) is 0 Å². The number of nitrogens with one attached hydrogen (secondary N) is 1. The third kappa shape index (κ3) is 4.64. The van der Waals surface area contributed by atoms with Crippen LogP contribution in [0.25, 0.3) is 6.08 Å². The van der Waals surface area contributed by atoms with Gasteiger partial charge in [-0.1, -0.05) is 27.5 Å². The molecular formula is C19H11BrClN2O6-. The largest absolute Gasteiger partial charge is 0.546 e. The zero-order valence-electron chi connectivity index (χ0n) is 14.5. The number of hydrogen-bond donors (Lipinski definition) is 1. The van der Waals surface area contributed by atoms with Crippen LogP contribution in [-0.4, -0.2) is 30.4 Å². The Kier molecular flexibility index (Phi) is 6.00. The lowest BCUT2D eigenvalue weighted by Crippen LogP contribution is -2.54. The second-order valence-corrected chi connectivity index (χ2v) is 7.13. The van der Waals surface area contributed by atoms with Crippen LogP contribution in [0.1, 0.15) is 5.56 Å². The van der Waals surface area contributed by atoms with Gasteiger partial charge in [-0.15, -0.1) is 0 Å². The topological polar surface area (TPSA) is 116 Å². The van der Waals surface area contributed by atoms with E-state index in [9.17, 15) is 24.3 Å². The summed E-state index contributed by atoms with van der Waals surface area (Å²) < 4.78 is 5.74. The quantitative estimate of drug-likeness (QED) is 0.518. The number of carboxylic acid groups (broad SMARTS) is 1. The summed E-state index contributed by atoms with van der Waals surface area (Å²) in [6.07, 6.45) is 1.21. The van der Waals surface area contributed by atoms with Gasteiger partial charge < -0.3 is 14.6 Å². The van der Waals surface area contributed by atoms with E-state index in [1.165, 1.54) is 42.5 Å². The number of rotatable bonds is 5. The van der Waals surface area contributed by atoms with Crippen molar-refractivity contribution in [1.82, 2.24) is 5.32 Å². The summed E-state index contributed by atoms with van der Waals surface area (Å²) in [5.74, 6) is -3.07. The van der Waals surface area contributed by atoms with Crippen LogP contribution in [0.4, 0.5) is 10.5 Å². The van der Waals surface area contributed by atoms with Crippen molar-refractivity contribution in [2.75, 3.05) is 11.5 Å². The maximum absolute atomic E-state index is 12.9. The van der Waals surface area contributed by atoms with Crippen LogP contribution < -0.4 is 20.1 Å². The van der Waals surface area contributed by atoms with E-state index in [1.54, 1.807) is 6.07 Å². The zero-order chi connectivity index (χ0) is 21.1. The number of benzene rings is 2. The first-order valence-corrected chi connectivity index (χ1v) is 9.22. The first kappa shape index (κ1) is 20.6. The van der Waals surface area contributed by atoms with Gasteiger partial charge in [0.2, 0.25) is 0 Å². The molecule has 3 rings (SSSR count). The molecule has 0 saturated carbocycles. The number of carbonyl (C=O) groups excluding carboxylic acids is 4. The lowest BCUT2D eigenvalue weighted by Gasteiger charge is -2.26. The number of aliphatic carboxylic acids is 1. The maximum atomic E-state index is 12.9. The fourth-order valence-electron chi connectivity index (χ4n) is 2.54. The average molecular weight is 479 g/mol. The highest BCUT2D eigenvalue weighted by atomic mass is 79.9. The Hall–Kier alpha value is -3.17. The molecule has 10 heteroatoms. The van der Waals surface area contributed by atoms with E-state index in [2.05, 4.69) is 21.2 Å². The van der Waals surface area contributed by atoms with Gasteiger partial charge in [-0.25, -0.2) is 9.69 Å². The van der Waals surface area contributed by atoms with E-state index >= 15 is 0 Å². The fraction of sp³-hybridized carbons (Fsp3) is 0.0526. The van der Waals surface area contributed by atoms with Crippen LogP contribution in [0.2, 0.25) is 5.02 Å². The first-order chi connectivity index (χ1) is 13.8. The van der Waals surface area contributed by atoms with Gasteiger partial charge in [0.15, 0.2) is 0 Å². The molecule has 1 heterocycles. The summed E-state index contributed by atoms with van der Waals surface area (Å²) >= 11 is 9.09. The summed E-state index contributed by atoms with van der Waals surface area (Å²) in [4.78, 5) is 48.8. The Morgan fingerprint density at radius 2 is 1.86 bits per heavy atom. The van der Waals surface area contributed by atoms with Crippen molar-refractivity contribution in [2.45, 2.75) is 0 Å². The van der Waals surface area contributed by atoms with Crippen LogP contribution in [0.5, 0.6) is 5.75 Å². The Balaban J connectivity index is 2.01. The normalized spacial score (nSPS) is 15.4. The third-order valence-corrected chi connectivity index (χ3v) is 4.55. The molecule has 2 aromatic carbocycles. The number of imide groups is 2. The van der Waals surface area contributed by atoms with Crippen molar-refractivity contribution in [3.63, 3.8) is 0 Å². The van der Waals surface area contributed by atoms with E-state index in [4.69, 9.17) is 16.3 Å². The molecule has 0 unspecified atom stereocenters. The van der Waals surface area contributed by atoms with E-state index in [0.717, 1.165) is 4.90 Å². The van der Waals surface area contributed by atoms with Crippen LogP contribution in [0, 0.1) is 0 Å². The standard InChI is InChI=1S/C19H12BrClN2O6/c20-11-1-6-15(29-9-16(24)25)10(7-11)8-14-17(26)22-19(28)23(18(14)27)13-4-2-12(21)3-5-13/h1-8H,9H2,(H,24,25)(H,22,26,28)/p-1/b14-8+. The summed E-state index contributed by atoms with van der Waals surface area (Å²) in [6, 6.07) is 9.60. The number of carbonyl (C=O) groups is 4. The first-order valence-electron chi connectivity index (χ1n) is 8.05. The Labute approximate surface area is 177 Å². The second kappa shape index (κ2) is 8.46. The van der Waals surface area contributed by atoms with Crippen LogP contribution >= 0.6 is 27.5 Å². The molecule has 0 bridgehead atoms. The molecule has 0 atom stereocenters. The van der Waals surface area contributed by atoms with Gasteiger partial charge in [-0.2, -0.15) is 0 Å². The minimum absolute atomic E-state index is 0.112. The van der Waals surface area contributed by atoms with Crippen molar-refractivity contribution < 1.29 is 29.0 Å². The molecule has 1 aliphatic heterocycles. The molecule has 1 aliphatic rings. The predicted molar refractivity (Wildman–Crippen MR) is 105 cm³/mol. The molecular weight excluding hydrogens is 468 g/mol. The number of halogens is 2. The molecule has 0 aliphatic carbocycles. The number of barbiturate groups is 1. The SMILES string of the molecule is O=C([O-])COc1ccc(Br)cc1/C=C1\C(=O)NC(=O)N(c2ccc(Cl)cc2)C1=O. The minimum Gasteiger partial charge on any atom is -0.546 e. The number of urea groups is 1. The zero-order valence-corrected chi connectivity index (χ0v) is 16.8. The molecule has 2 aromatic rings. The van der Waals surface area contributed by atoms with Gasteiger partial charge >= 0.3 is 6.03 Å². The molecule has 1 saturated heterocycles. The lowest BCUT2D eigenvalue weighted by molar-refractivity contribution is -0.307. The molecule has 4 amide bonds. The number of ether oxygens (including phenoxy) is 1. The Morgan fingerprint density at radius 3 is 2.52 bits per heavy atom. The van der Waals surface area contributed by atoms with Gasteiger partial charge in [0.05, 0.1) is 11.7 Å². The summed E-state index contributed by atoms with van der Waals surface area (Å²) in [7, 11) is 0. The monoisotopic (exact) mass is 477 g/mol. The van der Waals surface area contributed by atoms with Gasteiger partial charge in [0, 0.05) is 15.1 Å². The van der Waals surface area contributed by atoms with Crippen molar-refractivity contribution >= 4 is 63.1 Å². The molecule has 0 radical (unpaired) electrons. The molecule has 29 heavy (non-hydrogen) atoms. The minimum atomic E-state index is -1.43. The number of anilines is 1. The highest BCUT2D eigenvalue weighted by molar-refractivity contribution is 9.10. The summed E-state index contributed by atoms with van der Waals surface area (Å²) in [5, 5.41) is 13.2. The van der Waals surface area contributed by atoms with Gasteiger partial charge in [0.25, 0.3) is 11.8 Å². The number of amides is 4. The highest BCUT2D eigenvalue weighted by Crippen LogP contribution is 2.28. The van der Waals surface area contributed by atoms with E-state index in [-0.39, 0.29) is 22.6 Å². The van der Waals surface area contributed by atoms with E-state index in [0.29, 0.717) is 9.50 Å². The summed E-state index contributed by atoms with van der Waals surface area (Å²) in [5.41, 5.74) is 0.137. The van der Waals surface area contributed by atoms with Gasteiger partial charge in [-0.3, -0.25) is 14.9 Å². The Bertz CT molecular complexity index is 1050. The van der Waals surface area contributed by atoms with Gasteiger partial charge in [-0.05, 0) is 48.5 Å². The molecule has 148 valence electrons. The molecule has 8 nitrogen and oxygen atoms in total. The number of hydrogen-bond acceptors (Lipinski definition) is 6. The predicted octanol–water partition coefficient (Wildman–Crippen LogP) is 1.90. The van der Waals surface area contributed by atoms with Crippen molar-refractivity contribution in [2.24, 2.45) is 0 Å².